The van der Waals surface area contributed by atoms with Crippen molar-refractivity contribution in [3.05, 3.63) is 41.5 Å². The number of carboxylic acid groups (broad SMARTS) is 1. The summed E-state index contributed by atoms with van der Waals surface area (Å²) in [6.45, 7) is 11.8. The topological polar surface area (TPSA) is 106 Å². The van der Waals surface area contributed by atoms with Gasteiger partial charge in [-0.15, -0.1) is 5.10 Å². The smallest absolute Gasteiger partial charge is 0.158 e. The molecular formula is C26H42N6O3Si. The second-order valence-corrected chi connectivity index (χ2v) is 17.4. The second-order valence-electron chi connectivity index (χ2n) is 11.8. The lowest BCUT2D eigenvalue weighted by atomic mass is 9.83. The van der Waals surface area contributed by atoms with Gasteiger partial charge in [0.2, 0.25) is 0 Å². The van der Waals surface area contributed by atoms with Gasteiger partial charge in [-0.1, -0.05) is 45.1 Å². The van der Waals surface area contributed by atoms with Crippen LogP contribution in [0.15, 0.2) is 24.4 Å². The lowest BCUT2D eigenvalue weighted by molar-refractivity contribution is -0.883. The minimum atomic E-state index is -1.22. The molecule has 2 aromatic rings. The number of carbonyl (C=O) groups excluding carboxylic acids is 1. The van der Waals surface area contributed by atoms with Crippen molar-refractivity contribution in [3.8, 4) is 0 Å². The van der Waals surface area contributed by atoms with E-state index in [2.05, 4.69) is 55.3 Å². The largest absolute Gasteiger partial charge is 0.550 e. The van der Waals surface area contributed by atoms with Crippen molar-refractivity contribution in [3.63, 3.8) is 0 Å². The first-order valence-electron chi connectivity index (χ1n) is 13.0. The van der Waals surface area contributed by atoms with Gasteiger partial charge in [0.25, 0.3) is 0 Å². The third kappa shape index (κ3) is 8.04. The number of pyridine rings is 1. The summed E-state index contributed by atoms with van der Waals surface area (Å²) in [5.41, 5.74) is 3.18. The van der Waals surface area contributed by atoms with E-state index in [4.69, 9.17) is 9.72 Å². The van der Waals surface area contributed by atoms with Crippen LogP contribution in [-0.2, 0) is 22.7 Å². The van der Waals surface area contributed by atoms with Gasteiger partial charge in [0.05, 0.1) is 26.3 Å². The molecule has 0 saturated heterocycles. The molecule has 0 unspecified atom stereocenters. The lowest BCUT2D eigenvalue weighted by Crippen LogP contribution is -2.43. The van der Waals surface area contributed by atoms with Crippen molar-refractivity contribution < 1.29 is 19.1 Å². The minimum Gasteiger partial charge on any atom is -0.550 e. The number of hydrogen-bond acceptors (Lipinski definition) is 7. The van der Waals surface area contributed by atoms with E-state index in [1.165, 1.54) is 5.57 Å². The fraction of sp³-hybridized carbons (Fsp3) is 0.654. The molecule has 0 aromatic carbocycles. The highest BCUT2D eigenvalue weighted by atomic mass is 28.3. The summed E-state index contributed by atoms with van der Waals surface area (Å²) < 4.78 is 8.41. The van der Waals surface area contributed by atoms with E-state index in [0.29, 0.717) is 25.3 Å². The van der Waals surface area contributed by atoms with Crippen LogP contribution < -0.4 is 5.11 Å². The van der Waals surface area contributed by atoms with E-state index in [9.17, 15) is 9.90 Å². The van der Waals surface area contributed by atoms with Gasteiger partial charge in [0.15, 0.2) is 5.82 Å². The molecule has 3 rings (SSSR count). The van der Waals surface area contributed by atoms with E-state index in [1.807, 2.05) is 25.3 Å². The average molecular weight is 515 g/mol. The van der Waals surface area contributed by atoms with Gasteiger partial charge >= 0.3 is 0 Å². The molecule has 0 amide bonds. The fourth-order valence-electron chi connectivity index (χ4n) is 4.67. The molecule has 198 valence electrons. The number of nitrogens with zero attached hydrogens (tertiary/aromatic N) is 6. The van der Waals surface area contributed by atoms with Crippen molar-refractivity contribution in [2.75, 3.05) is 33.8 Å². The van der Waals surface area contributed by atoms with Crippen LogP contribution in [0.1, 0.15) is 49.2 Å². The molecular weight excluding hydrogens is 472 g/mol. The Labute approximate surface area is 216 Å². The molecule has 0 bridgehead atoms. The monoisotopic (exact) mass is 514 g/mol. The highest BCUT2D eigenvalue weighted by Gasteiger charge is 2.30. The van der Waals surface area contributed by atoms with Crippen molar-refractivity contribution in [1.82, 2.24) is 25.2 Å². The van der Waals surface area contributed by atoms with Crippen LogP contribution in [0.4, 0.5) is 0 Å². The highest BCUT2D eigenvalue weighted by Crippen LogP contribution is 2.31. The van der Waals surface area contributed by atoms with Crippen molar-refractivity contribution in [2.24, 2.45) is 5.92 Å². The van der Waals surface area contributed by atoms with Crippen molar-refractivity contribution in [1.29, 1.82) is 0 Å². The maximum absolute atomic E-state index is 12.2. The minimum absolute atomic E-state index is 0.203. The van der Waals surface area contributed by atoms with Gasteiger partial charge in [0, 0.05) is 50.7 Å². The van der Waals surface area contributed by atoms with E-state index >= 15 is 0 Å². The van der Waals surface area contributed by atoms with Crippen molar-refractivity contribution >= 4 is 19.6 Å². The summed E-state index contributed by atoms with van der Waals surface area (Å²) >= 11 is 0. The Balaban J connectivity index is 1.80. The zero-order valence-corrected chi connectivity index (χ0v) is 23.7. The Morgan fingerprint density at radius 2 is 2.06 bits per heavy atom. The number of likely N-dealkylation sites (N-methyl/N-ethyl adjacent to an activating group) is 1. The number of rotatable bonds is 13. The first-order chi connectivity index (χ1) is 17.0. The van der Waals surface area contributed by atoms with Crippen LogP contribution in [0.5, 0.6) is 0 Å². The number of quaternary nitrogens is 1. The third-order valence-electron chi connectivity index (χ3n) is 6.82. The molecule has 10 heteroatoms. The Morgan fingerprint density at radius 3 is 2.67 bits per heavy atom. The predicted molar refractivity (Wildman–Crippen MR) is 140 cm³/mol. The molecule has 0 N–H and O–H groups in total. The molecule has 3 heterocycles. The van der Waals surface area contributed by atoms with Gasteiger partial charge in [0.1, 0.15) is 13.3 Å². The molecule has 36 heavy (non-hydrogen) atoms. The van der Waals surface area contributed by atoms with Gasteiger partial charge in [-0.3, -0.25) is 4.98 Å². The summed E-state index contributed by atoms with van der Waals surface area (Å²) in [6, 6.07) is 5.12. The molecule has 1 aliphatic rings. The normalized spacial score (nSPS) is 17.4. The Morgan fingerprint density at radius 1 is 1.28 bits per heavy atom. The summed E-state index contributed by atoms with van der Waals surface area (Å²) in [6.07, 6.45) is 6.85. The van der Waals surface area contributed by atoms with Crippen LogP contribution in [0, 0.1) is 5.92 Å². The standard InChI is InChI=1S/C26H42N6O3Si/c1-7-9-22(26(33)34)23(25-28-29-30-31(25)19-35-14-15-36(4,5)6)16-20-11-12-24(27-17-20)21-10-8-13-32(2,3)18-21/h10-12,17,22-23H,7-9,13-16,18-19H2,1-6H3/t22-,23-/m0/s1. The number of carbonyl (C=O) groups is 1. The summed E-state index contributed by atoms with van der Waals surface area (Å²) in [5, 5.41) is 24.4. The van der Waals surface area contributed by atoms with Gasteiger partial charge < -0.3 is 19.1 Å². The van der Waals surface area contributed by atoms with Crippen LogP contribution in [-0.4, -0.2) is 77.5 Å². The second kappa shape index (κ2) is 12.2. The molecule has 1 aliphatic heterocycles. The number of tetrazole rings is 1. The molecule has 0 spiro atoms. The summed E-state index contributed by atoms with van der Waals surface area (Å²) in [5.74, 6) is -1.71. The zero-order chi connectivity index (χ0) is 26.3. The van der Waals surface area contributed by atoms with Crippen LogP contribution in [0.2, 0.25) is 25.7 Å². The van der Waals surface area contributed by atoms with E-state index < -0.39 is 25.9 Å². The highest BCUT2D eigenvalue weighted by molar-refractivity contribution is 6.76. The van der Waals surface area contributed by atoms with Crippen LogP contribution >= 0.6 is 0 Å². The van der Waals surface area contributed by atoms with Crippen LogP contribution in [0.25, 0.3) is 5.57 Å². The molecule has 9 nitrogen and oxygen atoms in total. The molecule has 2 aromatic heterocycles. The average Bonchev–Trinajstić information content (AvgIpc) is 3.26. The molecule has 2 atom stereocenters. The summed E-state index contributed by atoms with van der Waals surface area (Å²) in [4.78, 5) is 16.9. The van der Waals surface area contributed by atoms with Gasteiger partial charge in [-0.25, -0.2) is 4.68 Å². The van der Waals surface area contributed by atoms with E-state index in [1.54, 1.807) is 4.68 Å². The first kappa shape index (κ1) is 28.1. The van der Waals surface area contributed by atoms with E-state index in [0.717, 1.165) is 47.7 Å². The zero-order valence-electron chi connectivity index (χ0n) is 22.7. The maximum atomic E-state index is 12.2. The quantitative estimate of drug-likeness (QED) is 0.230. The Hall–Kier alpha value is -2.43. The van der Waals surface area contributed by atoms with Gasteiger partial charge in [-0.2, -0.15) is 0 Å². The van der Waals surface area contributed by atoms with Crippen LogP contribution in [0.3, 0.4) is 0 Å². The van der Waals surface area contributed by atoms with E-state index in [-0.39, 0.29) is 6.73 Å². The fourth-order valence-corrected chi connectivity index (χ4v) is 5.43. The van der Waals surface area contributed by atoms with Crippen molar-refractivity contribution in [2.45, 2.75) is 70.9 Å². The van der Waals surface area contributed by atoms with Gasteiger partial charge in [-0.05, 0) is 40.9 Å². The molecule has 0 aliphatic carbocycles. The maximum Gasteiger partial charge on any atom is 0.158 e. The predicted octanol–water partition coefficient (Wildman–Crippen LogP) is 2.74. The third-order valence-corrected chi connectivity index (χ3v) is 8.53. The number of ether oxygens (including phenoxy) is 1. The number of aromatic nitrogens is 5. The molecule has 0 radical (unpaired) electrons. The number of carboxylic acids is 1. The lowest BCUT2D eigenvalue weighted by Gasteiger charge is -2.33. The first-order valence-corrected chi connectivity index (χ1v) is 16.7. The summed E-state index contributed by atoms with van der Waals surface area (Å²) in [7, 11) is 3.25. The molecule has 0 saturated carbocycles. The Bertz CT molecular complexity index is 1030. The SMILES string of the molecule is CCC[C@H](C(=O)[O-])[C@H](Cc1ccc(C2=CCC[N+](C)(C)C2)nc1)c1nnnn1COCC[Si](C)(C)C. The number of aliphatic carboxylic acids is 1. The number of hydrogen-bond donors (Lipinski definition) is 0. The Kier molecular flexibility index (Phi) is 9.54. The molecule has 0 fully saturated rings.